The molecule has 162 valence electrons. The van der Waals surface area contributed by atoms with Gasteiger partial charge in [-0.2, -0.15) is 0 Å². The molecule has 0 saturated carbocycles. The SMILES string of the molecule is CC(OC(=O)C(NC(=O)c1cccs1)C(C)C)c1nnc(-c2ccc([N+](=O)[O-])cc2)o1. The lowest BCUT2D eigenvalue weighted by Gasteiger charge is -2.22. The standard InChI is InChI=1S/C20H20N4O6S/c1-11(2)16(21-17(25)15-5-4-10-31-15)20(26)29-12(3)18-22-23-19(30-18)13-6-8-14(9-7-13)24(27)28/h4-12,16H,1-3H3,(H,21,25). The highest BCUT2D eigenvalue weighted by molar-refractivity contribution is 7.12. The number of non-ortho nitro benzene ring substituents is 1. The summed E-state index contributed by atoms with van der Waals surface area (Å²) in [6.45, 7) is 5.17. The number of amides is 1. The summed E-state index contributed by atoms with van der Waals surface area (Å²) in [5.41, 5.74) is 0.432. The first-order valence-corrected chi connectivity index (χ1v) is 10.3. The van der Waals surface area contributed by atoms with Crippen LogP contribution < -0.4 is 5.32 Å². The molecule has 11 heteroatoms. The Morgan fingerprint density at radius 1 is 1.16 bits per heavy atom. The number of rotatable bonds is 8. The maximum absolute atomic E-state index is 12.7. The van der Waals surface area contributed by atoms with Crippen LogP contribution >= 0.6 is 11.3 Å². The van der Waals surface area contributed by atoms with E-state index in [1.165, 1.54) is 35.6 Å². The fourth-order valence-electron chi connectivity index (χ4n) is 2.66. The van der Waals surface area contributed by atoms with Crippen LogP contribution in [0.4, 0.5) is 5.69 Å². The predicted octanol–water partition coefficient (Wildman–Crippen LogP) is 3.77. The Balaban J connectivity index is 1.67. The van der Waals surface area contributed by atoms with E-state index in [0.717, 1.165) is 0 Å². The van der Waals surface area contributed by atoms with Gasteiger partial charge in [-0.25, -0.2) is 4.79 Å². The number of nitro benzene ring substituents is 1. The number of esters is 1. The molecule has 2 heterocycles. The van der Waals surface area contributed by atoms with Crippen LogP contribution in [0, 0.1) is 16.0 Å². The molecule has 1 amide bonds. The Labute approximate surface area is 181 Å². The van der Waals surface area contributed by atoms with E-state index in [1.807, 2.05) is 0 Å². The van der Waals surface area contributed by atoms with Crippen molar-refractivity contribution in [1.29, 1.82) is 0 Å². The molecule has 0 spiro atoms. The zero-order chi connectivity index (χ0) is 22.5. The van der Waals surface area contributed by atoms with Crippen molar-refractivity contribution >= 4 is 28.9 Å². The number of nitrogens with zero attached hydrogens (tertiary/aromatic N) is 3. The monoisotopic (exact) mass is 444 g/mol. The maximum atomic E-state index is 12.7. The van der Waals surface area contributed by atoms with Crippen molar-refractivity contribution < 1.29 is 23.7 Å². The van der Waals surface area contributed by atoms with Gasteiger partial charge in [0.05, 0.1) is 9.80 Å². The molecule has 0 fully saturated rings. The average molecular weight is 444 g/mol. The van der Waals surface area contributed by atoms with E-state index < -0.39 is 23.0 Å². The molecular formula is C20H20N4O6S. The van der Waals surface area contributed by atoms with Gasteiger partial charge in [0.15, 0.2) is 6.10 Å². The van der Waals surface area contributed by atoms with Crippen LogP contribution in [0.25, 0.3) is 11.5 Å². The normalized spacial score (nSPS) is 12.9. The number of thiophene rings is 1. The summed E-state index contributed by atoms with van der Waals surface area (Å²) in [6.07, 6.45) is -0.855. The van der Waals surface area contributed by atoms with Crippen molar-refractivity contribution in [3.63, 3.8) is 0 Å². The third-order valence-electron chi connectivity index (χ3n) is 4.36. The number of nitrogens with one attached hydrogen (secondary N) is 1. The molecule has 0 bridgehead atoms. The molecule has 1 N–H and O–H groups in total. The number of nitro groups is 1. The topological polar surface area (TPSA) is 137 Å². The van der Waals surface area contributed by atoms with Gasteiger partial charge in [0, 0.05) is 17.7 Å². The second kappa shape index (κ2) is 9.47. The molecule has 0 radical (unpaired) electrons. The quantitative estimate of drug-likeness (QED) is 0.315. The lowest BCUT2D eigenvalue weighted by atomic mass is 10.0. The first kappa shape index (κ1) is 22.1. The average Bonchev–Trinajstić information content (AvgIpc) is 3.43. The molecule has 3 aromatic rings. The van der Waals surface area contributed by atoms with Crippen molar-refractivity contribution in [2.75, 3.05) is 0 Å². The Hall–Kier alpha value is -3.60. The van der Waals surface area contributed by atoms with Crippen LogP contribution in [0.15, 0.2) is 46.2 Å². The van der Waals surface area contributed by atoms with E-state index in [4.69, 9.17) is 9.15 Å². The summed E-state index contributed by atoms with van der Waals surface area (Å²) in [6, 6.07) is 8.20. The smallest absolute Gasteiger partial charge is 0.329 e. The Kier molecular flexibility index (Phi) is 6.75. The van der Waals surface area contributed by atoms with E-state index in [9.17, 15) is 19.7 Å². The molecular weight excluding hydrogens is 424 g/mol. The van der Waals surface area contributed by atoms with Crippen molar-refractivity contribution in [3.05, 3.63) is 62.7 Å². The van der Waals surface area contributed by atoms with Crippen LogP contribution in [-0.2, 0) is 9.53 Å². The summed E-state index contributed by atoms with van der Waals surface area (Å²) in [7, 11) is 0. The highest BCUT2D eigenvalue weighted by atomic mass is 32.1. The van der Waals surface area contributed by atoms with Gasteiger partial charge >= 0.3 is 5.97 Å². The van der Waals surface area contributed by atoms with E-state index >= 15 is 0 Å². The van der Waals surface area contributed by atoms with Gasteiger partial charge in [-0.05, 0) is 36.4 Å². The fourth-order valence-corrected chi connectivity index (χ4v) is 3.28. The van der Waals surface area contributed by atoms with Crippen LogP contribution in [0.3, 0.4) is 0 Å². The third kappa shape index (κ3) is 5.31. The molecule has 31 heavy (non-hydrogen) atoms. The van der Waals surface area contributed by atoms with E-state index in [1.54, 1.807) is 38.3 Å². The fraction of sp³-hybridized carbons (Fsp3) is 0.300. The summed E-state index contributed by atoms with van der Waals surface area (Å²) in [5.74, 6) is -0.978. The first-order valence-electron chi connectivity index (χ1n) is 9.39. The molecule has 1 aromatic carbocycles. The van der Waals surface area contributed by atoms with Gasteiger partial charge in [0.2, 0.25) is 5.89 Å². The predicted molar refractivity (Wildman–Crippen MR) is 111 cm³/mol. The van der Waals surface area contributed by atoms with Crippen molar-refractivity contribution in [3.8, 4) is 11.5 Å². The zero-order valence-electron chi connectivity index (χ0n) is 17.0. The molecule has 0 aliphatic heterocycles. The molecule has 0 saturated heterocycles. The van der Waals surface area contributed by atoms with E-state index in [2.05, 4.69) is 15.5 Å². The van der Waals surface area contributed by atoms with Gasteiger partial charge in [-0.3, -0.25) is 14.9 Å². The number of carbonyl (C=O) groups is 2. The number of benzene rings is 1. The second-order valence-corrected chi connectivity index (χ2v) is 7.95. The lowest BCUT2D eigenvalue weighted by molar-refractivity contribution is -0.384. The molecule has 3 rings (SSSR count). The van der Waals surface area contributed by atoms with E-state index in [-0.39, 0.29) is 29.3 Å². The molecule has 0 aliphatic carbocycles. The van der Waals surface area contributed by atoms with Gasteiger partial charge < -0.3 is 14.5 Å². The summed E-state index contributed by atoms with van der Waals surface area (Å²) >= 11 is 1.28. The van der Waals surface area contributed by atoms with Gasteiger partial charge in [0.25, 0.3) is 17.5 Å². The minimum Gasteiger partial charge on any atom is -0.451 e. The number of carbonyl (C=O) groups excluding carboxylic acids is 2. The number of hydrogen-bond acceptors (Lipinski definition) is 9. The zero-order valence-corrected chi connectivity index (χ0v) is 17.8. The molecule has 2 unspecified atom stereocenters. The minimum absolute atomic E-state index is 0.0601. The molecule has 2 atom stereocenters. The van der Waals surface area contributed by atoms with E-state index in [0.29, 0.717) is 10.4 Å². The summed E-state index contributed by atoms with van der Waals surface area (Å²) in [4.78, 5) is 35.7. The number of hydrogen-bond donors (Lipinski definition) is 1. The minimum atomic E-state index is -0.855. The van der Waals surface area contributed by atoms with Crippen molar-refractivity contribution in [1.82, 2.24) is 15.5 Å². The Bertz CT molecular complexity index is 1060. The van der Waals surface area contributed by atoms with Gasteiger partial charge in [0.1, 0.15) is 6.04 Å². The highest BCUT2D eigenvalue weighted by Crippen LogP contribution is 2.25. The van der Waals surface area contributed by atoms with Crippen LogP contribution in [-0.4, -0.2) is 33.0 Å². The molecule has 0 aliphatic rings. The third-order valence-corrected chi connectivity index (χ3v) is 5.23. The summed E-state index contributed by atoms with van der Waals surface area (Å²) in [5, 5.41) is 23.0. The maximum Gasteiger partial charge on any atom is 0.329 e. The van der Waals surface area contributed by atoms with Crippen molar-refractivity contribution in [2.24, 2.45) is 5.92 Å². The van der Waals surface area contributed by atoms with Crippen LogP contribution in [0.5, 0.6) is 0 Å². The largest absolute Gasteiger partial charge is 0.451 e. The van der Waals surface area contributed by atoms with Gasteiger partial charge in [-0.15, -0.1) is 21.5 Å². The number of aromatic nitrogens is 2. The van der Waals surface area contributed by atoms with Gasteiger partial charge in [-0.1, -0.05) is 19.9 Å². The van der Waals surface area contributed by atoms with Crippen LogP contribution in [0.2, 0.25) is 0 Å². The van der Waals surface area contributed by atoms with Crippen LogP contribution in [0.1, 0.15) is 42.4 Å². The summed E-state index contributed by atoms with van der Waals surface area (Å²) < 4.78 is 11.0. The Morgan fingerprint density at radius 2 is 1.87 bits per heavy atom. The number of ether oxygens (including phenoxy) is 1. The molecule has 2 aromatic heterocycles. The Morgan fingerprint density at radius 3 is 2.45 bits per heavy atom. The molecule has 10 nitrogen and oxygen atoms in total. The first-order chi connectivity index (χ1) is 14.8. The lowest BCUT2D eigenvalue weighted by Crippen LogP contribution is -2.45. The highest BCUT2D eigenvalue weighted by Gasteiger charge is 2.29. The second-order valence-electron chi connectivity index (χ2n) is 7.00. The van der Waals surface area contributed by atoms with Crippen molar-refractivity contribution in [2.45, 2.75) is 32.9 Å².